The van der Waals surface area contributed by atoms with Crippen molar-refractivity contribution < 1.29 is 14.8 Å². The Labute approximate surface area is 194 Å². The van der Waals surface area contributed by atoms with Gasteiger partial charge in [-0.3, -0.25) is 14.8 Å². The molecule has 1 aliphatic carbocycles. The number of nitrogens with two attached hydrogens (primary N) is 1. The molecule has 0 aliphatic heterocycles. The normalized spacial score (nSPS) is 14.3. The van der Waals surface area contributed by atoms with Crippen LogP contribution in [-0.2, 0) is 11.3 Å². The van der Waals surface area contributed by atoms with Gasteiger partial charge in [-0.25, -0.2) is 5.48 Å². The molecule has 172 valence electrons. The summed E-state index contributed by atoms with van der Waals surface area (Å²) in [4.78, 5) is 24.3. The predicted molar refractivity (Wildman–Crippen MR) is 128 cm³/mol. The first-order valence-corrected chi connectivity index (χ1v) is 10.9. The van der Waals surface area contributed by atoms with Crippen LogP contribution in [0.2, 0.25) is 0 Å². The standard InChI is InChI=1S/C26H30N4O3/c1-26(2,27)23(25(32)30-33)29-24(31)21-13-11-19(12-14-21)6-4-3-5-18-7-9-20(10-8-18)17-28-22-15-16-22/h3,5,7-14,22-23,28,33H,15-17,27H2,1-2H3,(H,29,31)(H,30,32)/b5-3+/t23-/m1/s1. The van der Waals surface area contributed by atoms with Gasteiger partial charge in [-0.1, -0.05) is 36.1 Å². The van der Waals surface area contributed by atoms with Gasteiger partial charge in [0.15, 0.2) is 0 Å². The van der Waals surface area contributed by atoms with Crippen LogP contribution >= 0.6 is 0 Å². The number of hydrogen-bond donors (Lipinski definition) is 5. The van der Waals surface area contributed by atoms with Crippen LogP contribution in [0.25, 0.3) is 6.08 Å². The van der Waals surface area contributed by atoms with Crippen molar-refractivity contribution in [3.05, 3.63) is 76.9 Å². The number of carbonyl (C=O) groups is 2. The van der Waals surface area contributed by atoms with Gasteiger partial charge >= 0.3 is 0 Å². The van der Waals surface area contributed by atoms with Crippen LogP contribution in [0.3, 0.4) is 0 Å². The third-order valence-corrected chi connectivity index (χ3v) is 5.27. The molecular formula is C26H30N4O3. The van der Waals surface area contributed by atoms with Crippen LogP contribution in [0.5, 0.6) is 0 Å². The average molecular weight is 447 g/mol. The van der Waals surface area contributed by atoms with Crippen molar-refractivity contribution in [1.82, 2.24) is 16.1 Å². The van der Waals surface area contributed by atoms with Crippen molar-refractivity contribution in [3.63, 3.8) is 0 Å². The summed E-state index contributed by atoms with van der Waals surface area (Å²) in [5, 5.41) is 14.9. The van der Waals surface area contributed by atoms with E-state index >= 15 is 0 Å². The molecule has 0 unspecified atom stereocenters. The topological polar surface area (TPSA) is 116 Å². The smallest absolute Gasteiger partial charge is 0.267 e. The fourth-order valence-corrected chi connectivity index (χ4v) is 3.13. The van der Waals surface area contributed by atoms with Crippen molar-refractivity contribution >= 4 is 17.9 Å². The molecule has 3 rings (SSSR count). The van der Waals surface area contributed by atoms with E-state index in [-0.39, 0.29) is 0 Å². The molecule has 1 atom stereocenters. The number of amides is 2. The van der Waals surface area contributed by atoms with Gasteiger partial charge in [0.05, 0.1) is 0 Å². The molecular weight excluding hydrogens is 416 g/mol. The Morgan fingerprint density at radius 3 is 2.39 bits per heavy atom. The van der Waals surface area contributed by atoms with Gasteiger partial charge in [-0.15, -0.1) is 0 Å². The number of rotatable bonds is 8. The fourth-order valence-electron chi connectivity index (χ4n) is 3.13. The van der Waals surface area contributed by atoms with Crippen LogP contribution in [0.15, 0.2) is 54.6 Å². The van der Waals surface area contributed by atoms with E-state index < -0.39 is 23.4 Å². The van der Waals surface area contributed by atoms with Crippen molar-refractivity contribution in [2.24, 2.45) is 5.73 Å². The highest BCUT2D eigenvalue weighted by atomic mass is 16.5. The van der Waals surface area contributed by atoms with E-state index in [0.717, 1.165) is 17.7 Å². The summed E-state index contributed by atoms with van der Waals surface area (Å²) in [6.07, 6.45) is 6.31. The third kappa shape index (κ3) is 7.58. The second kappa shape index (κ2) is 10.9. The van der Waals surface area contributed by atoms with Crippen LogP contribution < -0.4 is 21.8 Å². The van der Waals surface area contributed by atoms with E-state index in [0.29, 0.717) is 11.6 Å². The lowest BCUT2D eigenvalue weighted by Gasteiger charge is -2.29. The van der Waals surface area contributed by atoms with Gasteiger partial charge in [0, 0.05) is 29.3 Å². The monoisotopic (exact) mass is 446 g/mol. The summed E-state index contributed by atoms with van der Waals surface area (Å²) in [5.41, 5.74) is 9.86. The summed E-state index contributed by atoms with van der Waals surface area (Å²) in [5.74, 6) is 4.77. The predicted octanol–water partition coefficient (Wildman–Crippen LogP) is 2.34. The van der Waals surface area contributed by atoms with Crippen LogP contribution in [0.4, 0.5) is 0 Å². The maximum Gasteiger partial charge on any atom is 0.267 e. The van der Waals surface area contributed by atoms with E-state index in [9.17, 15) is 9.59 Å². The Morgan fingerprint density at radius 2 is 1.82 bits per heavy atom. The highest BCUT2D eigenvalue weighted by molar-refractivity contribution is 5.97. The molecule has 2 aromatic carbocycles. The molecule has 33 heavy (non-hydrogen) atoms. The minimum atomic E-state index is -1.09. The first-order chi connectivity index (χ1) is 15.8. The first-order valence-electron chi connectivity index (χ1n) is 10.9. The molecule has 6 N–H and O–H groups in total. The molecule has 0 aromatic heterocycles. The lowest BCUT2D eigenvalue weighted by atomic mass is 9.95. The fraction of sp³-hybridized carbons (Fsp3) is 0.308. The zero-order valence-corrected chi connectivity index (χ0v) is 18.9. The summed E-state index contributed by atoms with van der Waals surface area (Å²) >= 11 is 0. The van der Waals surface area contributed by atoms with Gasteiger partial charge in [-0.05, 0) is 74.2 Å². The second-order valence-electron chi connectivity index (χ2n) is 8.78. The van der Waals surface area contributed by atoms with Gasteiger partial charge in [0.25, 0.3) is 11.8 Å². The maximum atomic E-state index is 12.5. The van der Waals surface area contributed by atoms with E-state index in [1.165, 1.54) is 23.9 Å². The van der Waals surface area contributed by atoms with Gasteiger partial charge in [-0.2, -0.15) is 0 Å². The summed E-state index contributed by atoms with van der Waals surface area (Å²) in [7, 11) is 0. The average Bonchev–Trinajstić information content (AvgIpc) is 3.63. The van der Waals surface area contributed by atoms with Crippen molar-refractivity contribution in [1.29, 1.82) is 0 Å². The largest absolute Gasteiger partial charge is 0.338 e. The van der Waals surface area contributed by atoms with E-state index in [1.807, 2.05) is 6.08 Å². The zero-order valence-electron chi connectivity index (χ0n) is 18.9. The highest BCUT2D eigenvalue weighted by Crippen LogP contribution is 2.19. The van der Waals surface area contributed by atoms with E-state index in [2.05, 4.69) is 46.7 Å². The summed E-state index contributed by atoms with van der Waals surface area (Å²) in [6, 6.07) is 14.7. The van der Waals surface area contributed by atoms with Gasteiger partial charge in [0.1, 0.15) is 6.04 Å². The lowest BCUT2D eigenvalue weighted by molar-refractivity contribution is -0.132. The molecule has 0 bridgehead atoms. The molecule has 2 aromatic rings. The van der Waals surface area contributed by atoms with Crippen molar-refractivity contribution in [2.75, 3.05) is 0 Å². The zero-order chi connectivity index (χ0) is 23.8. The minimum Gasteiger partial charge on any atom is -0.338 e. The number of allylic oxidation sites excluding steroid dienone is 1. The quantitative estimate of drug-likeness (QED) is 0.242. The minimum absolute atomic E-state index is 0.354. The lowest BCUT2D eigenvalue weighted by Crippen LogP contribution is -2.61. The molecule has 1 saturated carbocycles. The molecule has 7 heteroatoms. The van der Waals surface area contributed by atoms with Crippen LogP contribution in [0, 0.1) is 11.8 Å². The SMILES string of the molecule is CC(C)(N)[C@H](NC(=O)c1ccc(C#C/C=C/c2ccc(CNC3CC3)cc2)cc1)C(=O)NO. The maximum absolute atomic E-state index is 12.5. The molecule has 0 heterocycles. The molecule has 1 aliphatic rings. The first kappa shape index (κ1) is 24.2. The molecule has 0 spiro atoms. The Morgan fingerprint density at radius 1 is 1.15 bits per heavy atom. The van der Waals surface area contributed by atoms with Crippen molar-refractivity contribution in [2.45, 2.75) is 50.9 Å². The molecule has 0 saturated heterocycles. The van der Waals surface area contributed by atoms with Crippen LogP contribution in [0.1, 0.15) is 53.7 Å². The number of nitrogens with one attached hydrogen (secondary N) is 3. The number of hydrogen-bond acceptors (Lipinski definition) is 5. The highest BCUT2D eigenvalue weighted by Gasteiger charge is 2.33. The van der Waals surface area contributed by atoms with Crippen molar-refractivity contribution in [3.8, 4) is 11.8 Å². The molecule has 7 nitrogen and oxygen atoms in total. The van der Waals surface area contributed by atoms with Gasteiger partial charge < -0.3 is 16.4 Å². The Bertz CT molecular complexity index is 1050. The van der Waals surface area contributed by atoms with E-state index in [1.54, 1.807) is 44.2 Å². The van der Waals surface area contributed by atoms with E-state index in [4.69, 9.17) is 10.9 Å². The number of carbonyl (C=O) groups excluding carboxylic acids is 2. The van der Waals surface area contributed by atoms with Crippen LogP contribution in [-0.4, -0.2) is 34.6 Å². The van der Waals surface area contributed by atoms with Gasteiger partial charge in [0.2, 0.25) is 0 Å². The Hall–Kier alpha value is -3.44. The Kier molecular flexibility index (Phi) is 8.01. The number of benzene rings is 2. The second-order valence-corrected chi connectivity index (χ2v) is 8.78. The Balaban J connectivity index is 1.55. The third-order valence-electron chi connectivity index (χ3n) is 5.27. The number of hydroxylamine groups is 1. The summed E-state index contributed by atoms with van der Waals surface area (Å²) in [6.45, 7) is 4.07. The molecule has 0 radical (unpaired) electrons. The molecule has 2 amide bonds. The molecule has 1 fully saturated rings. The summed E-state index contributed by atoms with van der Waals surface area (Å²) < 4.78 is 0.